The Morgan fingerprint density at radius 2 is 1.76 bits per heavy atom. The van der Waals surface area contributed by atoms with Crippen LogP contribution in [0.4, 0.5) is 5.69 Å². The molecule has 0 unspecified atom stereocenters. The lowest BCUT2D eigenvalue weighted by Crippen LogP contribution is -3.12. The van der Waals surface area contributed by atoms with Crippen molar-refractivity contribution in [1.82, 2.24) is 0 Å². The number of nitrogens with zero attached hydrogens (tertiary/aromatic N) is 1. The number of para-hydroxylation sites is 1. The molecule has 3 heterocycles. The van der Waals surface area contributed by atoms with Crippen LogP contribution < -0.4 is 20.3 Å². The van der Waals surface area contributed by atoms with Gasteiger partial charge in [-0.3, -0.25) is 0 Å². The summed E-state index contributed by atoms with van der Waals surface area (Å²) in [7, 11) is 2.24. The van der Waals surface area contributed by atoms with E-state index in [1.165, 1.54) is 37.3 Å². The van der Waals surface area contributed by atoms with Gasteiger partial charge in [-0.2, -0.15) is 0 Å². The van der Waals surface area contributed by atoms with Crippen molar-refractivity contribution in [3.05, 3.63) is 40.2 Å². The summed E-state index contributed by atoms with van der Waals surface area (Å²) in [6, 6.07) is 8.01. The van der Waals surface area contributed by atoms with Crippen LogP contribution >= 0.6 is 0 Å². The van der Waals surface area contributed by atoms with E-state index in [1.807, 2.05) is 18.2 Å². The van der Waals surface area contributed by atoms with E-state index < -0.39 is 0 Å². The topological polar surface area (TPSA) is 42.3 Å². The van der Waals surface area contributed by atoms with Crippen molar-refractivity contribution >= 4 is 16.7 Å². The SMILES string of the molecule is C[NH+]1CCN(c2c(C[NH+]3CCCCC3)c(=O)oc3ccccc23)CC1. The molecule has 0 amide bonds. The van der Waals surface area contributed by atoms with E-state index in [0.29, 0.717) is 5.58 Å². The maximum atomic E-state index is 12.8. The van der Waals surface area contributed by atoms with E-state index in [2.05, 4.69) is 18.0 Å². The van der Waals surface area contributed by atoms with E-state index >= 15 is 0 Å². The minimum Gasteiger partial charge on any atom is -0.422 e. The smallest absolute Gasteiger partial charge is 0.347 e. The fourth-order valence-electron chi connectivity index (χ4n) is 4.28. The number of hydrogen-bond donors (Lipinski definition) is 2. The number of hydrogen-bond acceptors (Lipinski definition) is 3. The molecule has 5 heteroatoms. The van der Waals surface area contributed by atoms with Crippen LogP contribution in [0.5, 0.6) is 0 Å². The number of anilines is 1. The zero-order valence-corrected chi connectivity index (χ0v) is 15.1. The van der Waals surface area contributed by atoms with Crippen molar-refractivity contribution in [2.45, 2.75) is 25.8 Å². The maximum Gasteiger partial charge on any atom is 0.347 e. The van der Waals surface area contributed by atoms with Crippen molar-refractivity contribution in [3.8, 4) is 0 Å². The number of nitrogens with one attached hydrogen (secondary N) is 2. The number of quaternary nitrogens is 2. The third-order valence-electron chi connectivity index (χ3n) is 5.80. The third kappa shape index (κ3) is 3.44. The minimum atomic E-state index is -0.141. The van der Waals surface area contributed by atoms with Gasteiger partial charge in [-0.1, -0.05) is 12.1 Å². The lowest BCUT2D eigenvalue weighted by atomic mass is 10.1. The normalized spacial score (nSPS) is 20.3. The molecule has 1 aromatic heterocycles. The fraction of sp³-hybridized carbons (Fsp3) is 0.550. The summed E-state index contributed by atoms with van der Waals surface area (Å²) in [4.78, 5) is 18.3. The second kappa shape index (κ2) is 7.18. The second-order valence-corrected chi connectivity index (χ2v) is 7.64. The van der Waals surface area contributed by atoms with Crippen LogP contribution in [0.3, 0.4) is 0 Å². The first-order valence-corrected chi connectivity index (χ1v) is 9.67. The van der Waals surface area contributed by atoms with Crippen molar-refractivity contribution in [1.29, 1.82) is 0 Å². The fourth-order valence-corrected chi connectivity index (χ4v) is 4.28. The van der Waals surface area contributed by atoms with E-state index in [4.69, 9.17) is 4.42 Å². The van der Waals surface area contributed by atoms with Crippen molar-refractivity contribution in [2.24, 2.45) is 0 Å². The van der Waals surface area contributed by atoms with E-state index in [1.54, 1.807) is 4.90 Å². The van der Waals surface area contributed by atoms with Gasteiger partial charge >= 0.3 is 5.63 Å². The summed E-state index contributed by atoms with van der Waals surface area (Å²) in [6.45, 7) is 7.36. The van der Waals surface area contributed by atoms with Gasteiger partial charge < -0.3 is 19.1 Å². The van der Waals surface area contributed by atoms with E-state index in [0.717, 1.165) is 49.4 Å². The number of rotatable bonds is 3. The third-order valence-corrected chi connectivity index (χ3v) is 5.80. The lowest BCUT2D eigenvalue weighted by Gasteiger charge is -2.34. The Morgan fingerprint density at radius 1 is 1.04 bits per heavy atom. The first-order chi connectivity index (χ1) is 12.2. The predicted molar refractivity (Wildman–Crippen MR) is 99.6 cm³/mol. The zero-order chi connectivity index (χ0) is 17.2. The largest absolute Gasteiger partial charge is 0.422 e. The molecule has 2 aliphatic rings. The Labute approximate surface area is 148 Å². The molecule has 0 spiro atoms. The molecule has 2 saturated heterocycles. The van der Waals surface area contributed by atoms with Gasteiger partial charge in [0.1, 0.15) is 17.7 Å². The van der Waals surface area contributed by atoms with Gasteiger partial charge in [0, 0.05) is 5.39 Å². The van der Waals surface area contributed by atoms with Crippen molar-refractivity contribution < 1.29 is 14.2 Å². The highest BCUT2D eigenvalue weighted by atomic mass is 16.4. The average molecular weight is 343 g/mol. The van der Waals surface area contributed by atoms with Crippen LogP contribution in [0.1, 0.15) is 24.8 Å². The van der Waals surface area contributed by atoms with Gasteiger partial charge in [-0.15, -0.1) is 0 Å². The molecular formula is C20H29N3O2+2. The average Bonchev–Trinajstić information content (AvgIpc) is 2.64. The summed E-state index contributed by atoms with van der Waals surface area (Å²) in [5.74, 6) is 0. The second-order valence-electron chi connectivity index (χ2n) is 7.64. The molecule has 0 atom stereocenters. The molecule has 2 aromatic rings. The molecule has 134 valence electrons. The number of benzene rings is 1. The standard InChI is InChI=1S/C20H27N3O2/c1-21-11-13-23(14-12-21)19-16-7-3-4-8-18(16)25-20(24)17(19)15-22-9-5-2-6-10-22/h3-4,7-8H,2,5-6,9-15H2,1H3/p+2. The van der Waals surface area contributed by atoms with Crippen LogP contribution in [0.25, 0.3) is 11.0 Å². The van der Waals surface area contributed by atoms with E-state index in [9.17, 15) is 4.79 Å². The van der Waals surface area contributed by atoms with Crippen molar-refractivity contribution in [3.63, 3.8) is 0 Å². The van der Waals surface area contributed by atoms with E-state index in [-0.39, 0.29) is 5.63 Å². The lowest BCUT2D eigenvalue weighted by molar-refractivity contribution is -0.918. The zero-order valence-electron chi connectivity index (χ0n) is 15.1. The molecule has 0 aliphatic carbocycles. The molecule has 2 N–H and O–H groups in total. The Balaban J connectivity index is 1.78. The highest BCUT2D eigenvalue weighted by Crippen LogP contribution is 2.28. The quantitative estimate of drug-likeness (QED) is 0.752. The summed E-state index contributed by atoms with van der Waals surface area (Å²) in [5, 5.41) is 1.09. The number of piperazine rings is 1. The summed E-state index contributed by atoms with van der Waals surface area (Å²) >= 11 is 0. The molecule has 0 saturated carbocycles. The molecule has 2 fully saturated rings. The molecule has 4 rings (SSSR count). The molecule has 5 nitrogen and oxygen atoms in total. The molecular weight excluding hydrogens is 314 g/mol. The maximum absolute atomic E-state index is 12.8. The van der Waals surface area contributed by atoms with Crippen LogP contribution in [0.2, 0.25) is 0 Å². The Bertz CT molecular complexity index is 787. The highest BCUT2D eigenvalue weighted by molar-refractivity contribution is 5.91. The summed E-state index contributed by atoms with van der Waals surface area (Å²) in [5.41, 5.74) is 2.59. The molecule has 0 radical (unpaired) electrons. The number of likely N-dealkylation sites (tertiary alicyclic amines) is 1. The molecule has 25 heavy (non-hydrogen) atoms. The van der Waals surface area contributed by atoms with Crippen LogP contribution in [0, 0.1) is 0 Å². The van der Waals surface area contributed by atoms with Gasteiger partial charge in [-0.05, 0) is 31.4 Å². The van der Waals surface area contributed by atoms with Crippen LogP contribution in [-0.4, -0.2) is 46.3 Å². The summed E-state index contributed by atoms with van der Waals surface area (Å²) in [6.07, 6.45) is 3.85. The van der Waals surface area contributed by atoms with Gasteiger partial charge in [0.05, 0.1) is 52.0 Å². The Hall–Kier alpha value is -1.85. The van der Waals surface area contributed by atoms with Gasteiger partial charge in [0.15, 0.2) is 0 Å². The summed E-state index contributed by atoms with van der Waals surface area (Å²) < 4.78 is 5.69. The number of piperidine rings is 1. The Kier molecular flexibility index (Phi) is 4.77. The number of likely N-dealkylation sites (N-methyl/N-ethyl adjacent to an activating group) is 1. The van der Waals surface area contributed by atoms with Gasteiger partial charge in [-0.25, -0.2) is 4.79 Å². The Morgan fingerprint density at radius 3 is 2.52 bits per heavy atom. The first kappa shape index (κ1) is 16.6. The molecule has 0 bridgehead atoms. The number of fused-ring (bicyclic) bond motifs is 1. The first-order valence-electron chi connectivity index (χ1n) is 9.67. The predicted octanol–water partition coefficient (Wildman–Crippen LogP) is -0.303. The van der Waals surface area contributed by atoms with Crippen LogP contribution in [0.15, 0.2) is 33.5 Å². The molecule has 1 aromatic carbocycles. The monoisotopic (exact) mass is 343 g/mol. The van der Waals surface area contributed by atoms with Crippen molar-refractivity contribution in [2.75, 3.05) is 51.2 Å². The molecule has 2 aliphatic heterocycles. The highest BCUT2D eigenvalue weighted by Gasteiger charge is 2.27. The van der Waals surface area contributed by atoms with Gasteiger partial charge in [0.25, 0.3) is 0 Å². The van der Waals surface area contributed by atoms with Crippen LogP contribution in [-0.2, 0) is 6.54 Å². The minimum absolute atomic E-state index is 0.141. The van der Waals surface area contributed by atoms with Gasteiger partial charge in [0.2, 0.25) is 0 Å².